The summed E-state index contributed by atoms with van der Waals surface area (Å²) in [5, 5.41) is 3.98. The van der Waals surface area contributed by atoms with Crippen LogP contribution < -0.4 is 11.1 Å². The number of carbonyl (C=O) groups is 1. The van der Waals surface area contributed by atoms with Crippen molar-refractivity contribution in [1.82, 2.24) is 4.98 Å². The normalized spacial score (nSPS) is 15.0. The van der Waals surface area contributed by atoms with Gasteiger partial charge < -0.3 is 11.1 Å². The quantitative estimate of drug-likeness (QED) is 0.563. The summed E-state index contributed by atoms with van der Waals surface area (Å²) in [4.78, 5) is 14.6. The molecule has 0 aliphatic carbocycles. The number of aromatic nitrogens is 1. The largest absolute Gasteiger partial charge is 0.375 e. The highest BCUT2D eigenvalue weighted by Gasteiger charge is 2.21. The number of carbonyl (C=O) groups excluding carboxylic acids is 1. The average Bonchev–Trinajstić information content (AvgIpc) is 2.21. The first-order valence-corrected chi connectivity index (χ1v) is 3.62. The van der Waals surface area contributed by atoms with Gasteiger partial charge in [-0.05, 0) is 0 Å². The average molecular weight is 155 g/mol. The van der Waals surface area contributed by atoms with Crippen molar-refractivity contribution in [3.63, 3.8) is 0 Å². The van der Waals surface area contributed by atoms with Gasteiger partial charge in [0.05, 0.1) is 12.1 Å². The first-order chi connectivity index (χ1) is 4.75. The third kappa shape index (κ3) is 0.672. The Balaban J connectivity index is 2.47. The molecular weight excluding hydrogens is 150 g/mol. The lowest BCUT2D eigenvalue weighted by molar-refractivity contribution is -0.115. The van der Waals surface area contributed by atoms with E-state index in [2.05, 4.69) is 10.3 Å². The molecule has 0 bridgehead atoms. The van der Waals surface area contributed by atoms with E-state index in [0.717, 1.165) is 10.7 Å². The monoisotopic (exact) mass is 155 g/mol. The van der Waals surface area contributed by atoms with Crippen molar-refractivity contribution in [1.29, 1.82) is 0 Å². The number of fused-ring (bicyclic) bond motifs is 1. The lowest BCUT2D eigenvalue weighted by Crippen LogP contribution is -2.04. The number of anilines is 2. The number of nitrogens with two attached hydrogens (primary N) is 1. The molecule has 0 radical (unpaired) electrons. The minimum absolute atomic E-state index is 0.00810. The van der Waals surface area contributed by atoms with Crippen LogP contribution in [0.1, 0.15) is 5.69 Å². The summed E-state index contributed by atoms with van der Waals surface area (Å²) in [7, 11) is 0. The van der Waals surface area contributed by atoms with Crippen molar-refractivity contribution in [2.45, 2.75) is 6.42 Å². The Morgan fingerprint density at radius 3 is 3.20 bits per heavy atom. The fourth-order valence-electron chi connectivity index (χ4n) is 0.910. The van der Waals surface area contributed by atoms with E-state index in [1.807, 2.05) is 0 Å². The van der Waals surface area contributed by atoms with E-state index < -0.39 is 0 Å². The molecule has 5 heteroatoms. The molecule has 1 amide bonds. The molecule has 10 heavy (non-hydrogen) atoms. The molecule has 1 aliphatic heterocycles. The molecule has 4 nitrogen and oxygen atoms in total. The molecule has 0 aromatic carbocycles. The lowest BCUT2D eigenvalue weighted by atomic mass is 10.4. The number of thiazole rings is 1. The van der Waals surface area contributed by atoms with E-state index in [4.69, 9.17) is 5.73 Å². The van der Waals surface area contributed by atoms with Crippen molar-refractivity contribution in [3.8, 4) is 0 Å². The molecule has 3 N–H and O–H groups in total. The molecule has 1 aromatic heterocycles. The zero-order chi connectivity index (χ0) is 7.14. The summed E-state index contributed by atoms with van der Waals surface area (Å²) in [6.45, 7) is 0. The molecule has 2 rings (SSSR count). The van der Waals surface area contributed by atoms with E-state index in [1.165, 1.54) is 11.3 Å². The maximum Gasteiger partial charge on any atom is 0.231 e. The van der Waals surface area contributed by atoms with Gasteiger partial charge in [0.15, 0.2) is 5.13 Å². The lowest BCUT2D eigenvalue weighted by Gasteiger charge is -1.85. The Bertz CT molecular complexity index is 268. The molecule has 1 aromatic rings. The number of amides is 1. The van der Waals surface area contributed by atoms with Gasteiger partial charge in [0, 0.05) is 0 Å². The van der Waals surface area contributed by atoms with E-state index in [1.54, 1.807) is 0 Å². The Morgan fingerprint density at radius 1 is 1.70 bits per heavy atom. The Kier molecular flexibility index (Phi) is 0.960. The second-order valence-corrected chi connectivity index (χ2v) is 3.08. The number of rotatable bonds is 0. The van der Waals surface area contributed by atoms with Crippen molar-refractivity contribution in [2.75, 3.05) is 11.1 Å². The fraction of sp³-hybridized carbons (Fsp3) is 0.200. The van der Waals surface area contributed by atoms with Gasteiger partial charge in [-0.25, -0.2) is 4.98 Å². The second kappa shape index (κ2) is 1.69. The highest BCUT2D eigenvalue weighted by molar-refractivity contribution is 7.19. The van der Waals surface area contributed by atoms with Crippen LogP contribution in [-0.2, 0) is 11.2 Å². The van der Waals surface area contributed by atoms with Crippen LogP contribution in [0.25, 0.3) is 0 Å². The van der Waals surface area contributed by atoms with Crippen molar-refractivity contribution >= 4 is 27.4 Å². The van der Waals surface area contributed by atoms with E-state index >= 15 is 0 Å². The molecule has 0 atom stereocenters. The van der Waals surface area contributed by atoms with Gasteiger partial charge in [-0.1, -0.05) is 11.3 Å². The van der Waals surface area contributed by atoms with E-state index in [-0.39, 0.29) is 5.91 Å². The number of nitrogen functional groups attached to an aromatic ring is 1. The van der Waals surface area contributed by atoms with Crippen molar-refractivity contribution in [2.24, 2.45) is 0 Å². The fourth-order valence-corrected chi connectivity index (χ4v) is 1.68. The Labute approximate surface area is 61.1 Å². The first kappa shape index (κ1) is 5.67. The molecule has 0 spiro atoms. The standard InChI is InChI=1S/C5H5N3OS/c6-5-7-2-1-3(9)8-4(2)10-5/h1H2,(H2,6,7)(H,8,9). The van der Waals surface area contributed by atoms with Gasteiger partial charge in [-0.2, -0.15) is 0 Å². The van der Waals surface area contributed by atoms with Gasteiger partial charge >= 0.3 is 0 Å². The van der Waals surface area contributed by atoms with Crippen LogP contribution in [0.5, 0.6) is 0 Å². The predicted octanol–water partition coefficient (Wildman–Crippen LogP) is 0.220. The van der Waals surface area contributed by atoms with Crippen LogP contribution in [0.2, 0.25) is 0 Å². The molecule has 0 saturated heterocycles. The van der Waals surface area contributed by atoms with E-state index in [9.17, 15) is 4.79 Å². The third-order valence-electron chi connectivity index (χ3n) is 1.29. The Hall–Kier alpha value is -1.10. The minimum atomic E-state index is 0.00810. The molecule has 0 unspecified atom stereocenters. The first-order valence-electron chi connectivity index (χ1n) is 2.81. The minimum Gasteiger partial charge on any atom is -0.375 e. The SMILES string of the molecule is Nc1nc2c(s1)NC(=O)C2. The number of hydrogen-bond donors (Lipinski definition) is 2. The zero-order valence-electron chi connectivity index (χ0n) is 5.05. The highest BCUT2D eigenvalue weighted by atomic mass is 32.1. The summed E-state index contributed by atoms with van der Waals surface area (Å²) in [6, 6.07) is 0. The van der Waals surface area contributed by atoms with Gasteiger partial charge in [-0.15, -0.1) is 0 Å². The van der Waals surface area contributed by atoms with E-state index in [0.29, 0.717) is 11.6 Å². The number of nitrogens with one attached hydrogen (secondary N) is 1. The highest BCUT2D eigenvalue weighted by Crippen LogP contribution is 2.30. The van der Waals surface area contributed by atoms with Crippen LogP contribution in [-0.4, -0.2) is 10.9 Å². The maximum absolute atomic E-state index is 10.7. The molecule has 2 heterocycles. The van der Waals surface area contributed by atoms with Gasteiger partial charge in [0.2, 0.25) is 5.91 Å². The number of hydrogen-bond acceptors (Lipinski definition) is 4. The van der Waals surface area contributed by atoms with Crippen molar-refractivity contribution in [3.05, 3.63) is 5.69 Å². The summed E-state index contributed by atoms with van der Waals surface area (Å²) in [5.41, 5.74) is 6.18. The molecule has 1 aliphatic rings. The summed E-state index contributed by atoms with van der Waals surface area (Å²) >= 11 is 1.32. The number of nitrogens with zero attached hydrogens (tertiary/aromatic N) is 1. The maximum atomic E-state index is 10.7. The van der Waals surface area contributed by atoms with Gasteiger partial charge in [0.25, 0.3) is 0 Å². The van der Waals surface area contributed by atoms with Crippen LogP contribution in [0, 0.1) is 0 Å². The predicted molar refractivity (Wildman–Crippen MR) is 38.9 cm³/mol. The topological polar surface area (TPSA) is 68.0 Å². The molecule has 52 valence electrons. The third-order valence-corrected chi connectivity index (χ3v) is 2.14. The zero-order valence-corrected chi connectivity index (χ0v) is 5.86. The Morgan fingerprint density at radius 2 is 2.50 bits per heavy atom. The molecule has 0 saturated carbocycles. The molecular formula is C5H5N3OS. The van der Waals surface area contributed by atoms with Gasteiger partial charge in [-0.3, -0.25) is 4.79 Å². The molecule has 0 fully saturated rings. The summed E-state index contributed by atoms with van der Waals surface area (Å²) in [5.74, 6) is 0.00810. The van der Waals surface area contributed by atoms with Gasteiger partial charge in [0.1, 0.15) is 5.00 Å². The summed E-state index contributed by atoms with van der Waals surface area (Å²) < 4.78 is 0. The smallest absolute Gasteiger partial charge is 0.231 e. The van der Waals surface area contributed by atoms with Crippen LogP contribution in [0.3, 0.4) is 0 Å². The summed E-state index contributed by atoms with van der Waals surface area (Å²) in [6.07, 6.45) is 0.378. The van der Waals surface area contributed by atoms with Crippen LogP contribution >= 0.6 is 11.3 Å². The second-order valence-electron chi connectivity index (χ2n) is 2.05. The van der Waals surface area contributed by atoms with Crippen LogP contribution in [0.15, 0.2) is 0 Å². The van der Waals surface area contributed by atoms with Crippen molar-refractivity contribution < 1.29 is 4.79 Å². The van der Waals surface area contributed by atoms with Crippen LogP contribution in [0.4, 0.5) is 10.1 Å².